The lowest BCUT2D eigenvalue weighted by Crippen LogP contribution is -2.50. The molecule has 0 atom stereocenters. The van der Waals surface area contributed by atoms with E-state index in [-0.39, 0.29) is 0 Å². The molecule has 0 aliphatic carbocycles. The average Bonchev–Trinajstić information content (AvgIpc) is 3.09. The highest BCUT2D eigenvalue weighted by Crippen LogP contribution is 2.21. The summed E-state index contributed by atoms with van der Waals surface area (Å²) in [5.74, 6) is 0. The van der Waals surface area contributed by atoms with Crippen molar-refractivity contribution >= 4 is 0 Å². The van der Waals surface area contributed by atoms with Crippen molar-refractivity contribution in [3.8, 4) is 0 Å². The van der Waals surface area contributed by atoms with Gasteiger partial charge in [-0.1, -0.05) is 113 Å². The lowest BCUT2D eigenvalue weighted by atomic mass is 10.0. The van der Waals surface area contributed by atoms with Crippen LogP contribution in [0.15, 0.2) is 0 Å². The van der Waals surface area contributed by atoms with E-state index in [1.807, 2.05) is 0 Å². The van der Waals surface area contributed by atoms with E-state index in [2.05, 4.69) is 55.5 Å². The summed E-state index contributed by atoms with van der Waals surface area (Å²) in [6.07, 6.45) is 38.5. The van der Waals surface area contributed by atoms with Crippen LogP contribution in [0.4, 0.5) is 0 Å². The Morgan fingerprint density at radius 1 is 0.204 bits per heavy atom. The molecule has 0 fully saturated rings. The zero-order valence-electron chi connectivity index (χ0n) is 36.2. The SMILES string of the molecule is CCCCC[N+](CCCCC)(CCCCCCCCC[N+](CCCC)(CCCC)CCCC)CCCCCCCC[N+](C)(CCC)CCC. The molecule has 3 heteroatoms. The first-order valence-corrected chi connectivity index (χ1v) is 23.4. The summed E-state index contributed by atoms with van der Waals surface area (Å²) in [5, 5.41) is 0. The highest BCUT2D eigenvalue weighted by atomic mass is 15.4. The fraction of sp³-hybridized carbons (Fsp3) is 1.00. The van der Waals surface area contributed by atoms with Gasteiger partial charge in [0.25, 0.3) is 0 Å². The first kappa shape index (κ1) is 48.9. The van der Waals surface area contributed by atoms with E-state index in [9.17, 15) is 0 Å². The number of hydrogen-bond acceptors (Lipinski definition) is 0. The minimum absolute atomic E-state index is 1.31. The standard InChI is InChI=1S/C46H100N3/c1-9-16-30-42-49(43-31-17-10-2,46-35-29-25-24-26-32-38-47(8,36-14-6)37-15-7)45-34-28-23-21-22-27-33-44-48(39-18-11-3,40-19-12-4)41-20-13-5/h9-46H2,1-8H3/q+3. The molecule has 0 amide bonds. The molecule has 0 aromatic heterocycles. The summed E-state index contributed by atoms with van der Waals surface area (Å²) in [5.41, 5.74) is 0. The van der Waals surface area contributed by atoms with E-state index in [0.29, 0.717) is 0 Å². The number of rotatable bonds is 40. The van der Waals surface area contributed by atoms with Gasteiger partial charge in [0.15, 0.2) is 0 Å². The van der Waals surface area contributed by atoms with Gasteiger partial charge in [-0.15, -0.1) is 0 Å². The van der Waals surface area contributed by atoms with E-state index in [0.717, 1.165) is 0 Å². The summed E-state index contributed by atoms with van der Waals surface area (Å²) in [6, 6.07) is 0. The molecule has 0 spiro atoms. The summed E-state index contributed by atoms with van der Waals surface area (Å²) >= 11 is 0. The molecule has 0 unspecified atom stereocenters. The van der Waals surface area contributed by atoms with Gasteiger partial charge >= 0.3 is 0 Å². The first-order valence-electron chi connectivity index (χ1n) is 23.4. The van der Waals surface area contributed by atoms with E-state index in [1.165, 1.54) is 259 Å². The number of nitrogens with zero attached hydrogens (tertiary/aromatic N) is 3. The molecule has 49 heavy (non-hydrogen) atoms. The Kier molecular flexibility index (Phi) is 33.6. The molecule has 0 aromatic rings. The van der Waals surface area contributed by atoms with Gasteiger partial charge < -0.3 is 13.4 Å². The van der Waals surface area contributed by atoms with Crippen molar-refractivity contribution in [2.45, 2.75) is 222 Å². The molecular formula is C46H100N3+3. The van der Waals surface area contributed by atoms with E-state index < -0.39 is 0 Å². The predicted octanol–water partition coefficient (Wildman–Crippen LogP) is 13.7. The van der Waals surface area contributed by atoms with Crippen LogP contribution in [0.3, 0.4) is 0 Å². The maximum absolute atomic E-state index is 2.50. The van der Waals surface area contributed by atoms with Crippen LogP contribution in [-0.4, -0.2) is 92.5 Å². The van der Waals surface area contributed by atoms with E-state index in [1.54, 1.807) is 0 Å². The summed E-state index contributed by atoms with van der Waals surface area (Å²) in [6.45, 7) is 32.4. The molecule has 0 saturated carbocycles. The van der Waals surface area contributed by atoms with Crippen molar-refractivity contribution in [2.75, 3.05) is 79.0 Å². The van der Waals surface area contributed by atoms with Gasteiger partial charge in [0.05, 0.1) is 79.0 Å². The monoisotopic (exact) mass is 695 g/mol. The third-order valence-corrected chi connectivity index (χ3v) is 12.3. The summed E-state index contributed by atoms with van der Waals surface area (Å²) in [7, 11) is 2.50. The molecule has 0 saturated heterocycles. The van der Waals surface area contributed by atoms with E-state index in [4.69, 9.17) is 0 Å². The Hall–Kier alpha value is -0.120. The largest absolute Gasteiger partial charge is 0.326 e. The Morgan fingerprint density at radius 3 is 0.694 bits per heavy atom. The van der Waals surface area contributed by atoms with Crippen molar-refractivity contribution in [3.05, 3.63) is 0 Å². The van der Waals surface area contributed by atoms with Gasteiger partial charge in [0.2, 0.25) is 0 Å². The van der Waals surface area contributed by atoms with Crippen molar-refractivity contribution in [1.82, 2.24) is 0 Å². The van der Waals surface area contributed by atoms with Crippen molar-refractivity contribution in [3.63, 3.8) is 0 Å². The topological polar surface area (TPSA) is 0 Å². The normalized spacial score (nSPS) is 12.7. The maximum Gasteiger partial charge on any atom is 0.0786 e. The molecule has 0 aliphatic rings. The van der Waals surface area contributed by atoms with Crippen LogP contribution in [0, 0.1) is 0 Å². The second-order valence-corrected chi connectivity index (χ2v) is 17.3. The highest BCUT2D eigenvalue weighted by molar-refractivity contribution is 4.56. The van der Waals surface area contributed by atoms with Crippen molar-refractivity contribution in [2.24, 2.45) is 0 Å². The Bertz CT molecular complexity index is 623. The fourth-order valence-electron chi connectivity index (χ4n) is 9.06. The second kappa shape index (κ2) is 33.7. The quantitative estimate of drug-likeness (QED) is 0.0442. The van der Waals surface area contributed by atoms with Gasteiger partial charge in [-0.25, -0.2) is 0 Å². The average molecular weight is 695 g/mol. The van der Waals surface area contributed by atoms with Crippen LogP contribution < -0.4 is 0 Å². The number of hydrogen-bond donors (Lipinski definition) is 0. The summed E-state index contributed by atoms with van der Waals surface area (Å²) < 4.78 is 4.19. The van der Waals surface area contributed by atoms with Crippen LogP contribution >= 0.6 is 0 Å². The molecule has 0 heterocycles. The zero-order chi connectivity index (χ0) is 36.4. The molecule has 0 radical (unpaired) electrons. The van der Waals surface area contributed by atoms with Crippen LogP contribution in [0.5, 0.6) is 0 Å². The molecule has 296 valence electrons. The molecule has 0 bridgehead atoms. The zero-order valence-corrected chi connectivity index (χ0v) is 36.2. The minimum Gasteiger partial charge on any atom is -0.326 e. The predicted molar refractivity (Wildman–Crippen MR) is 225 cm³/mol. The van der Waals surface area contributed by atoms with Crippen LogP contribution in [0.2, 0.25) is 0 Å². The van der Waals surface area contributed by atoms with Crippen LogP contribution in [0.1, 0.15) is 222 Å². The van der Waals surface area contributed by atoms with Gasteiger partial charge in [0, 0.05) is 0 Å². The van der Waals surface area contributed by atoms with Crippen LogP contribution in [-0.2, 0) is 0 Å². The molecule has 0 N–H and O–H groups in total. The smallest absolute Gasteiger partial charge is 0.0786 e. The molecule has 0 aliphatic heterocycles. The second-order valence-electron chi connectivity index (χ2n) is 17.3. The third kappa shape index (κ3) is 26.3. The molecule has 0 rings (SSSR count). The van der Waals surface area contributed by atoms with Crippen molar-refractivity contribution < 1.29 is 13.4 Å². The minimum atomic E-state index is 1.31. The Morgan fingerprint density at radius 2 is 0.429 bits per heavy atom. The fourth-order valence-corrected chi connectivity index (χ4v) is 9.06. The molecular weight excluding hydrogens is 595 g/mol. The summed E-state index contributed by atoms with van der Waals surface area (Å²) in [4.78, 5) is 0. The Labute approximate surface area is 313 Å². The Balaban J connectivity index is 4.74. The molecule has 3 nitrogen and oxygen atoms in total. The third-order valence-electron chi connectivity index (χ3n) is 12.3. The molecule has 0 aromatic carbocycles. The van der Waals surface area contributed by atoms with Crippen molar-refractivity contribution in [1.29, 1.82) is 0 Å². The van der Waals surface area contributed by atoms with Gasteiger partial charge in [-0.3, -0.25) is 0 Å². The first-order chi connectivity index (χ1) is 23.8. The lowest BCUT2D eigenvalue weighted by molar-refractivity contribution is -0.929. The van der Waals surface area contributed by atoms with Gasteiger partial charge in [-0.2, -0.15) is 0 Å². The van der Waals surface area contributed by atoms with Gasteiger partial charge in [-0.05, 0) is 109 Å². The maximum atomic E-state index is 2.50. The lowest BCUT2D eigenvalue weighted by Gasteiger charge is -2.39. The highest BCUT2D eigenvalue weighted by Gasteiger charge is 2.27. The van der Waals surface area contributed by atoms with Crippen LogP contribution in [0.25, 0.3) is 0 Å². The van der Waals surface area contributed by atoms with E-state index >= 15 is 0 Å². The number of quaternary nitrogens is 3. The number of unbranched alkanes of at least 4 members (excludes halogenated alkanes) is 18. The van der Waals surface area contributed by atoms with Gasteiger partial charge in [0.1, 0.15) is 0 Å².